The first kappa shape index (κ1) is 13.0. The first-order valence-electron chi connectivity index (χ1n) is 6.08. The summed E-state index contributed by atoms with van der Waals surface area (Å²) in [7, 11) is 0. The van der Waals surface area contributed by atoms with Crippen LogP contribution in [0.3, 0.4) is 0 Å². The van der Waals surface area contributed by atoms with Crippen molar-refractivity contribution in [2.45, 2.75) is 39.7 Å². The van der Waals surface area contributed by atoms with Gasteiger partial charge in [-0.3, -0.25) is 0 Å². The van der Waals surface area contributed by atoms with Gasteiger partial charge in [0.1, 0.15) is 5.82 Å². The average Bonchev–Trinajstić information content (AvgIpc) is 2.29. The minimum absolute atomic E-state index is 0.458. The molecule has 3 nitrogen and oxygen atoms in total. The Hall–Kier alpha value is -1.09. The number of aromatic nitrogens is 1. The molecule has 16 heavy (non-hydrogen) atoms. The summed E-state index contributed by atoms with van der Waals surface area (Å²) in [6.45, 7) is 8.09. The molecule has 0 bridgehead atoms. The van der Waals surface area contributed by atoms with Crippen LogP contribution in [0.4, 0.5) is 5.82 Å². The SMILES string of the molecule is CCCN(CCC)c1ncccc1[C@@H](C)O. The second kappa shape index (κ2) is 6.48. The van der Waals surface area contributed by atoms with E-state index in [2.05, 4.69) is 23.7 Å². The lowest BCUT2D eigenvalue weighted by Gasteiger charge is -2.25. The highest BCUT2D eigenvalue weighted by Crippen LogP contribution is 2.23. The van der Waals surface area contributed by atoms with Gasteiger partial charge in [0.15, 0.2) is 0 Å². The van der Waals surface area contributed by atoms with Crippen molar-refractivity contribution in [2.75, 3.05) is 18.0 Å². The molecule has 1 aromatic rings. The molecule has 0 aliphatic heterocycles. The number of nitrogens with zero attached hydrogens (tertiary/aromatic N) is 2. The van der Waals surface area contributed by atoms with Crippen LogP contribution in [0.1, 0.15) is 45.3 Å². The molecular formula is C13H22N2O. The lowest BCUT2D eigenvalue weighted by Crippen LogP contribution is -2.27. The molecule has 0 aliphatic carbocycles. The number of anilines is 1. The van der Waals surface area contributed by atoms with Gasteiger partial charge in [-0.15, -0.1) is 0 Å². The molecule has 3 heteroatoms. The Morgan fingerprint density at radius 2 is 1.94 bits per heavy atom. The second-order valence-electron chi connectivity index (χ2n) is 4.08. The van der Waals surface area contributed by atoms with E-state index in [1.165, 1.54) is 0 Å². The lowest BCUT2D eigenvalue weighted by atomic mass is 10.1. The molecular weight excluding hydrogens is 200 g/mol. The maximum Gasteiger partial charge on any atom is 0.134 e. The fourth-order valence-electron chi connectivity index (χ4n) is 1.86. The van der Waals surface area contributed by atoms with Crippen molar-refractivity contribution < 1.29 is 5.11 Å². The maximum atomic E-state index is 9.72. The van der Waals surface area contributed by atoms with E-state index in [9.17, 15) is 5.11 Å². The molecule has 0 saturated carbocycles. The van der Waals surface area contributed by atoms with Crippen LogP contribution >= 0.6 is 0 Å². The molecule has 0 saturated heterocycles. The summed E-state index contributed by atoms with van der Waals surface area (Å²) in [5, 5.41) is 9.72. The minimum atomic E-state index is -0.458. The standard InChI is InChI=1S/C13H22N2O/c1-4-9-15(10-5-2)13-12(11(3)16)7-6-8-14-13/h6-8,11,16H,4-5,9-10H2,1-3H3/t11-/m1/s1. The molecule has 0 radical (unpaired) electrons. The highest BCUT2D eigenvalue weighted by molar-refractivity contribution is 5.47. The third-order valence-corrected chi connectivity index (χ3v) is 2.55. The molecule has 1 atom stereocenters. The monoisotopic (exact) mass is 222 g/mol. The van der Waals surface area contributed by atoms with Crippen molar-refractivity contribution in [3.63, 3.8) is 0 Å². The summed E-state index contributed by atoms with van der Waals surface area (Å²) in [5.41, 5.74) is 0.921. The van der Waals surface area contributed by atoms with Crippen molar-refractivity contribution in [3.05, 3.63) is 23.9 Å². The first-order valence-corrected chi connectivity index (χ1v) is 6.08. The molecule has 90 valence electrons. The highest BCUT2D eigenvalue weighted by Gasteiger charge is 2.13. The van der Waals surface area contributed by atoms with E-state index in [0.717, 1.165) is 37.3 Å². The van der Waals surface area contributed by atoms with Gasteiger partial charge in [-0.2, -0.15) is 0 Å². The molecule has 1 rings (SSSR count). The largest absolute Gasteiger partial charge is 0.389 e. The van der Waals surface area contributed by atoms with E-state index in [4.69, 9.17) is 0 Å². The van der Waals surface area contributed by atoms with Gasteiger partial charge in [0.2, 0.25) is 0 Å². The van der Waals surface area contributed by atoms with E-state index in [0.29, 0.717) is 0 Å². The first-order chi connectivity index (χ1) is 7.70. The minimum Gasteiger partial charge on any atom is -0.389 e. The van der Waals surface area contributed by atoms with Crippen LogP contribution < -0.4 is 4.90 Å². The Morgan fingerprint density at radius 1 is 1.31 bits per heavy atom. The van der Waals surface area contributed by atoms with E-state index in [1.54, 1.807) is 13.1 Å². The van der Waals surface area contributed by atoms with Gasteiger partial charge >= 0.3 is 0 Å². The zero-order valence-electron chi connectivity index (χ0n) is 10.5. The molecule has 1 heterocycles. The number of rotatable bonds is 6. The van der Waals surface area contributed by atoms with Gasteiger partial charge in [0, 0.05) is 24.8 Å². The fourth-order valence-corrected chi connectivity index (χ4v) is 1.86. The van der Waals surface area contributed by atoms with Crippen LogP contribution in [0.5, 0.6) is 0 Å². The predicted molar refractivity (Wildman–Crippen MR) is 67.7 cm³/mol. The topological polar surface area (TPSA) is 36.4 Å². The van der Waals surface area contributed by atoms with Crippen molar-refractivity contribution in [2.24, 2.45) is 0 Å². The third-order valence-electron chi connectivity index (χ3n) is 2.55. The Morgan fingerprint density at radius 3 is 2.44 bits per heavy atom. The lowest BCUT2D eigenvalue weighted by molar-refractivity contribution is 0.199. The number of hydrogen-bond acceptors (Lipinski definition) is 3. The van der Waals surface area contributed by atoms with Crippen LogP contribution in [0, 0.1) is 0 Å². The van der Waals surface area contributed by atoms with Crippen LogP contribution in [-0.2, 0) is 0 Å². The van der Waals surface area contributed by atoms with Crippen LogP contribution in [0.2, 0.25) is 0 Å². The molecule has 1 N–H and O–H groups in total. The molecule has 1 aromatic heterocycles. The number of aliphatic hydroxyl groups is 1. The summed E-state index contributed by atoms with van der Waals surface area (Å²) in [4.78, 5) is 6.66. The van der Waals surface area contributed by atoms with E-state index >= 15 is 0 Å². The Bertz CT molecular complexity index is 307. The Labute approximate surface area is 98.1 Å². The Balaban J connectivity index is 2.97. The molecule has 0 spiro atoms. The van der Waals surface area contributed by atoms with E-state index in [-0.39, 0.29) is 0 Å². The summed E-state index contributed by atoms with van der Waals surface area (Å²) in [6, 6.07) is 3.83. The average molecular weight is 222 g/mol. The number of aliphatic hydroxyl groups excluding tert-OH is 1. The summed E-state index contributed by atoms with van der Waals surface area (Å²) < 4.78 is 0. The number of hydrogen-bond donors (Lipinski definition) is 1. The van der Waals surface area contributed by atoms with Gasteiger partial charge in [-0.1, -0.05) is 19.9 Å². The summed E-state index contributed by atoms with van der Waals surface area (Å²) in [5.74, 6) is 0.932. The van der Waals surface area contributed by atoms with Crippen molar-refractivity contribution >= 4 is 5.82 Å². The zero-order chi connectivity index (χ0) is 12.0. The Kier molecular flexibility index (Phi) is 5.26. The molecule has 0 amide bonds. The molecule has 0 aliphatic rings. The van der Waals surface area contributed by atoms with Crippen LogP contribution in [0.15, 0.2) is 18.3 Å². The van der Waals surface area contributed by atoms with E-state index in [1.807, 2.05) is 12.1 Å². The van der Waals surface area contributed by atoms with Crippen molar-refractivity contribution in [1.82, 2.24) is 4.98 Å². The summed E-state index contributed by atoms with van der Waals surface area (Å²) >= 11 is 0. The van der Waals surface area contributed by atoms with Gasteiger partial charge in [-0.25, -0.2) is 4.98 Å². The zero-order valence-corrected chi connectivity index (χ0v) is 10.5. The highest BCUT2D eigenvalue weighted by atomic mass is 16.3. The second-order valence-corrected chi connectivity index (χ2v) is 4.08. The molecule has 0 unspecified atom stereocenters. The van der Waals surface area contributed by atoms with Crippen LogP contribution in [0.25, 0.3) is 0 Å². The van der Waals surface area contributed by atoms with Crippen molar-refractivity contribution in [3.8, 4) is 0 Å². The van der Waals surface area contributed by atoms with Gasteiger partial charge in [-0.05, 0) is 25.8 Å². The van der Waals surface area contributed by atoms with Gasteiger partial charge in [0.25, 0.3) is 0 Å². The van der Waals surface area contributed by atoms with Gasteiger partial charge < -0.3 is 10.0 Å². The predicted octanol–water partition coefficient (Wildman–Crippen LogP) is 2.76. The van der Waals surface area contributed by atoms with Crippen LogP contribution in [-0.4, -0.2) is 23.2 Å². The smallest absolute Gasteiger partial charge is 0.134 e. The molecule has 0 fully saturated rings. The normalized spacial score (nSPS) is 12.5. The molecule has 0 aromatic carbocycles. The third kappa shape index (κ3) is 3.20. The maximum absolute atomic E-state index is 9.72. The van der Waals surface area contributed by atoms with E-state index < -0.39 is 6.10 Å². The van der Waals surface area contributed by atoms with Gasteiger partial charge in [0.05, 0.1) is 6.10 Å². The number of pyridine rings is 1. The fraction of sp³-hybridized carbons (Fsp3) is 0.615. The quantitative estimate of drug-likeness (QED) is 0.804. The van der Waals surface area contributed by atoms with Crippen molar-refractivity contribution in [1.29, 1.82) is 0 Å². The summed E-state index contributed by atoms with van der Waals surface area (Å²) in [6.07, 6.45) is 3.52.